The van der Waals surface area contributed by atoms with Gasteiger partial charge in [-0.1, -0.05) is 13.3 Å². The molecule has 0 aromatic carbocycles. The van der Waals surface area contributed by atoms with Crippen molar-refractivity contribution in [2.24, 2.45) is 0 Å². The Kier molecular flexibility index (Phi) is 3.87. The molecule has 0 saturated carbocycles. The lowest BCUT2D eigenvalue weighted by atomic mass is 10.1. The normalized spacial score (nSPS) is 27.0. The van der Waals surface area contributed by atoms with Crippen molar-refractivity contribution >= 4 is 0 Å². The third-order valence-corrected chi connectivity index (χ3v) is 2.64. The summed E-state index contributed by atoms with van der Waals surface area (Å²) in [6.07, 6.45) is 4.12. The Morgan fingerprint density at radius 2 is 2.27 bits per heavy atom. The van der Waals surface area contributed by atoms with Crippen molar-refractivity contribution in [3.05, 3.63) is 0 Å². The van der Waals surface area contributed by atoms with Crippen LogP contribution in [0.4, 0.5) is 0 Å². The minimum Gasteiger partial charge on any atom is -0.315 e. The third kappa shape index (κ3) is 2.80. The zero-order chi connectivity index (χ0) is 8.10. The molecule has 1 atom stereocenters. The largest absolute Gasteiger partial charge is 0.315 e. The SMILES string of the molecule is CCN(C)C1CCCCNC1. The molecule has 1 aliphatic rings. The molecule has 0 radical (unpaired) electrons. The summed E-state index contributed by atoms with van der Waals surface area (Å²) in [5, 5.41) is 3.47. The van der Waals surface area contributed by atoms with Crippen LogP contribution < -0.4 is 5.32 Å². The van der Waals surface area contributed by atoms with Crippen molar-refractivity contribution in [3.8, 4) is 0 Å². The van der Waals surface area contributed by atoms with Crippen molar-refractivity contribution in [2.75, 3.05) is 26.7 Å². The summed E-state index contributed by atoms with van der Waals surface area (Å²) in [6, 6.07) is 0.780. The fraction of sp³-hybridized carbons (Fsp3) is 1.00. The van der Waals surface area contributed by atoms with E-state index in [2.05, 4.69) is 24.2 Å². The zero-order valence-electron chi connectivity index (χ0n) is 7.77. The fourth-order valence-corrected chi connectivity index (χ4v) is 1.64. The van der Waals surface area contributed by atoms with E-state index in [-0.39, 0.29) is 0 Å². The second kappa shape index (κ2) is 4.73. The maximum absolute atomic E-state index is 3.47. The van der Waals surface area contributed by atoms with Crippen molar-refractivity contribution < 1.29 is 0 Å². The number of nitrogens with zero attached hydrogens (tertiary/aromatic N) is 1. The van der Waals surface area contributed by atoms with E-state index in [4.69, 9.17) is 0 Å². The molecule has 11 heavy (non-hydrogen) atoms. The summed E-state index contributed by atoms with van der Waals surface area (Å²) < 4.78 is 0. The molecule has 66 valence electrons. The van der Waals surface area contributed by atoms with Gasteiger partial charge in [0, 0.05) is 12.6 Å². The minimum absolute atomic E-state index is 0.780. The molecule has 0 aromatic heterocycles. The highest BCUT2D eigenvalue weighted by Gasteiger charge is 2.14. The van der Waals surface area contributed by atoms with Gasteiger partial charge in [-0.05, 0) is 33.0 Å². The van der Waals surface area contributed by atoms with Crippen LogP contribution in [0, 0.1) is 0 Å². The molecule has 0 amide bonds. The molecule has 1 fully saturated rings. The lowest BCUT2D eigenvalue weighted by Gasteiger charge is -2.25. The van der Waals surface area contributed by atoms with Crippen LogP contribution in [0.15, 0.2) is 0 Å². The van der Waals surface area contributed by atoms with Crippen molar-refractivity contribution in [2.45, 2.75) is 32.2 Å². The number of hydrogen-bond donors (Lipinski definition) is 1. The van der Waals surface area contributed by atoms with Crippen LogP contribution in [0.1, 0.15) is 26.2 Å². The Morgan fingerprint density at radius 3 is 3.00 bits per heavy atom. The zero-order valence-corrected chi connectivity index (χ0v) is 7.77. The molecular weight excluding hydrogens is 136 g/mol. The standard InChI is InChI=1S/C9H20N2/c1-3-11(2)9-6-4-5-7-10-8-9/h9-10H,3-8H2,1-2H3. The summed E-state index contributed by atoms with van der Waals surface area (Å²) in [6.45, 7) is 5.80. The summed E-state index contributed by atoms with van der Waals surface area (Å²) in [4.78, 5) is 2.44. The first-order chi connectivity index (χ1) is 5.34. The van der Waals surface area contributed by atoms with E-state index < -0.39 is 0 Å². The quantitative estimate of drug-likeness (QED) is 0.643. The van der Waals surface area contributed by atoms with Crippen LogP contribution in [-0.4, -0.2) is 37.6 Å². The summed E-state index contributed by atoms with van der Waals surface area (Å²) in [7, 11) is 2.22. The lowest BCUT2D eigenvalue weighted by molar-refractivity contribution is 0.242. The van der Waals surface area contributed by atoms with Crippen LogP contribution in [0.2, 0.25) is 0 Å². The highest BCUT2D eigenvalue weighted by atomic mass is 15.1. The molecule has 1 rings (SSSR count). The Balaban J connectivity index is 2.30. The molecule has 0 spiro atoms. The smallest absolute Gasteiger partial charge is 0.0217 e. The molecule has 1 aliphatic heterocycles. The van der Waals surface area contributed by atoms with E-state index in [0.29, 0.717) is 0 Å². The number of nitrogens with one attached hydrogen (secondary N) is 1. The minimum atomic E-state index is 0.780. The first-order valence-corrected chi connectivity index (χ1v) is 4.75. The predicted octanol–water partition coefficient (Wildman–Crippen LogP) is 1.08. The van der Waals surface area contributed by atoms with Crippen LogP contribution in [0.25, 0.3) is 0 Å². The van der Waals surface area contributed by atoms with Crippen LogP contribution in [-0.2, 0) is 0 Å². The van der Waals surface area contributed by atoms with Crippen molar-refractivity contribution in [1.29, 1.82) is 0 Å². The Hall–Kier alpha value is -0.0800. The van der Waals surface area contributed by atoms with Gasteiger partial charge >= 0.3 is 0 Å². The molecule has 1 N–H and O–H groups in total. The molecule has 1 heterocycles. The highest BCUT2D eigenvalue weighted by molar-refractivity contribution is 4.73. The Bertz CT molecular complexity index is 95.7. The van der Waals surface area contributed by atoms with Crippen molar-refractivity contribution in [1.82, 2.24) is 10.2 Å². The fourth-order valence-electron chi connectivity index (χ4n) is 1.64. The van der Waals surface area contributed by atoms with Crippen LogP contribution in [0.5, 0.6) is 0 Å². The van der Waals surface area contributed by atoms with Gasteiger partial charge in [0.1, 0.15) is 0 Å². The van der Waals surface area contributed by atoms with Crippen molar-refractivity contribution in [3.63, 3.8) is 0 Å². The van der Waals surface area contributed by atoms with E-state index >= 15 is 0 Å². The van der Waals surface area contributed by atoms with Gasteiger partial charge in [-0.2, -0.15) is 0 Å². The summed E-state index contributed by atoms with van der Waals surface area (Å²) in [5.74, 6) is 0. The molecular formula is C9H20N2. The average Bonchev–Trinajstić information content (AvgIpc) is 2.30. The maximum Gasteiger partial charge on any atom is 0.0217 e. The molecule has 2 heteroatoms. The van der Waals surface area contributed by atoms with Crippen LogP contribution in [0.3, 0.4) is 0 Å². The summed E-state index contributed by atoms with van der Waals surface area (Å²) >= 11 is 0. The van der Waals surface area contributed by atoms with Gasteiger partial charge in [0.2, 0.25) is 0 Å². The van der Waals surface area contributed by atoms with E-state index in [1.54, 1.807) is 0 Å². The van der Waals surface area contributed by atoms with E-state index in [1.807, 2.05) is 0 Å². The Morgan fingerprint density at radius 1 is 1.45 bits per heavy atom. The van der Waals surface area contributed by atoms with E-state index in [1.165, 1.54) is 38.9 Å². The van der Waals surface area contributed by atoms with Gasteiger partial charge in [0.25, 0.3) is 0 Å². The third-order valence-electron chi connectivity index (χ3n) is 2.64. The summed E-state index contributed by atoms with van der Waals surface area (Å²) in [5.41, 5.74) is 0. The molecule has 1 unspecified atom stereocenters. The topological polar surface area (TPSA) is 15.3 Å². The monoisotopic (exact) mass is 156 g/mol. The second-order valence-electron chi connectivity index (χ2n) is 3.43. The van der Waals surface area contributed by atoms with Gasteiger partial charge in [0.15, 0.2) is 0 Å². The number of likely N-dealkylation sites (N-methyl/N-ethyl adjacent to an activating group) is 1. The van der Waals surface area contributed by atoms with E-state index in [9.17, 15) is 0 Å². The lowest BCUT2D eigenvalue weighted by Crippen LogP contribution is -2.38. The first kappa shape index (κ1) is 9.01. The van der Waals surface area contributed by atoms with Crippen LogP contribution >= 0.6 is 0 Å². The Labute approximate surface area is 70.0 Å². The molecule has 0 bridgehead atoms. The highest BCUT2D eigenvalue weighted by Crippen LogP contribution is 2.08. The number of hydrogen-bond acceptors (Lipinski definition) is 2. The maximum atomic E-state index is 3.47. The molecule has 0 aromatic rings. The molecule has 0 aliphatic carbocycles. The first-order valence-electron chi connectivity index (χ1n) is 4.75. The van der Waals surface area contributed by atoms with E-state index in [0.717, 1.165) is 6.04 Å². The van der Waals surface area contributed by atoms with Gasteiger partial charge in [-0.25, -0.2) is 0 Å². The second-order valence-corrected chi connectivity index (χ2v) is 3.43. The number of rotatable bonds is 2. The van der Waals surface area contributed by atoms with Gasteiger partial charge in [-0.15, -0.1) is 0 Å². The van der Waals surface area contributed by atoms with Gasteiger partial charge in [0.05, 0.1) is 0 Å². The average molecular weight is 156 g/mol. The predicted molar refractivity (Wildman–Crippen MR) is 48.8 cm³/mol. The van der Waals surface area contributed by atoms with Gasteiger partial charge in [-0.3, -0.25) is 0 Å². The molecule has 1 saturated heterocycles. The van der Waals surface area contributed by atoms with Gasteiger partial charge < -0.3 is 10.2 Å². The molecule has 2 nitrogen and oxygen atoms in total.